The monoisotopic (exact) mass is 106 g/mol. The molecule has 0 aliphatic heterocycles. The highest BCUT2D eigenvalue weighted by molar-refractivity contribution is 4.48. The van der Waals surface area contributed by atoms with Gasteiger partial charge in [0.1, 0.15) is 0 Å². The Morgan fingerprint density at radius 2 is 1.71 bits per heavy atom. The summed E-state index contributed by atoms with van der Waals surface area (Å²) in [6.07, 6.45) is 0. The van der Waals surface area contributed by atoms with Gasteiger partial charge in [0.15, 0.2) is 0 Å². The summed E-state index contributed by atoms with van der Waals surface area (Å²) in [5.41, 5.74) is 10.2. The quantitative estimate of drug-likeness (QED) is 0.397. The first kappa shape index (κ1) is 9.99. The van der Waals surface area contributed by atoms with Crippen molar-refractivity contribution in [2.45, 2.75) is 13.0 Å². The predicted octanol–water partition coefficient (Wildman–Crippen LogP) is -1.10. The normalized spacial score (nSPS) is 11.6. The minimum absolute atomic E-state index is 0.162. The first-order valence-corrected chi connectivity index (χ1v) is 2.17. The highest BCUT2D eigenvalue weighted by atomic mass is 16.2. The largest absolute Gasteiger partial charge is 0.400 e. The molecule has 0 spiro atoms. The van der Waals surface area contributed by atoms with Crippen molar-refractivity contribution in [2.75, 3.05) is 13.7 Å². The average Bonchev–Trinajstić information content (AvgIpc) is 1.73. The molecule has 0 heterocycles. The summed E-state index contributed by atoms with van der Waals surface area (Å²) in [7, 11) is 1.00. The van der Waals surface area contributed by atoms with E-state index in [2.05, 4.69) is 0 Å². The Bertz CT molecular complexity index is 23.7. The summed E-state index contributed by atoms with van der Waals surface area (Å²) in [6.45, 7) is 2.46. The summed E-state index contributed by atoms with van der Waals surface area (Å²) in [5, 5.41) is 7.00. The zero-order valence-corrected chi connectivity index (χ0v) is 4.89. The van der Waals surface area contributed by atoms with Crippen molar-refractivity contribution in [3.63, 3.8) is 0 Å². The zero-order chi connectivity index (χ0) is 6.28. The van der Waals surface area contributed by atoms with Crippen LogP contribution in [0.25, 0.3) is 0 Å². The van der Waals surface area contributed by atoms with Crippen LogP contribution in [0.15, 0.2) is 0 Å². The molecule has 3 heteroatoms. The van der Waals surface area contributed by atoms with E-state index in [1.165, 1.54) is 0 Å². The molecule has 46 valence electrons. The highest BCUT2D eigenvalue weighted by Crippen LogP contribution is 1.59. The number of aliphatic hydroxyl groups is 1. The Morgan fingerprint density at radius 3 is 1.71 bits per heavy atom. The van der Waals surface area contributed by atoms with Gasteiger partial charge in [-0.3, -0.25) is 0 Å². The van der Waals surface area contributed by atoms with E-state index in [-0.39, 0.29) is 6.04 Å². The van der Waals surface area contributed by atoms with Crippen molar-refractivity contribution in [2.24, 2.45) is 11.5 Å². The van der Waals surface area contributed by atoms with Crippen molar-refractivity contribution in [1.82, 2.24) is 0 Å². The molecular weight excluding hydrogens is 92.1 g/mol. The van der Waals surface area contributed by atoms with Gasteiger partial charge in [0.2, 0.25) is 0 Å². The van der Waals surface area contributed by atoms with E-state index in [0.717, 1.165) is 7.11 Å². The highest BCUT2D eigenvalue weighted by Gasteiger charge is 1.79. The SMILES string of the molecule is CC(N)CN.CO. The van der Waals surface area contributed by atoms with Crippen LogP contribution in [-0.2, 0) is 0 Å². The lowest BCUT2D eigenvalue weighted by Crippen LogP contribution is -2.25. The second kappa shape index (κ2) is 9.30. The van der Waals surface area contributed by atoms with E-state index >= 15 is 0 Å². The molecule has 3 nitrogen and oxygen atoms in total. The molecular formula is C4H14N2O. The average molecular weight is 106 g/mol. The van der Waals surface area contributed by atoms with E-state index in [1.807, 2.05) is 6.92 Å². The zero-order valence-electron chi connectivity index (χ0n) is 4.89. The second-order valence-electron chi connectivity index (χ2n) is 1.21. The Hall–Kier alpha value is -0.120. The number of aliphatic hydroxyl groups excluding tert-OH is 1. The Labute approximate surface area is 44.3 Å². The van der Waals surface area contributed by atoms with E-state index in [0.29, 0.717) is 6.54 Å². The summed E-state index contributed by atoms with van der Waals surface area (Å²) >= 11 is 0. The van der Waals surface area contributed by atoms with Gasteiger partial charge in [-0.15, -0.1) is 0 Å². The van der Waals surface area contributed by atoms with Crippen LogP contribution in [0.1, 0.15) is 6.92 Å². The van der Waals surface area contributed by atoms with E-state index < -0.39 is 0 Å². The summed E-state index contributed by atoms with van der Waals surface area (Å²) in [4.78, 5) is 0. The van der Waals surface area contributed by atoms with Gasteiger partial charge in [-0.25, -0.2) is 0 Å². The third-order valence-electron chi connectivity index (χ3n) is 0.372. The lowest BCUT2D eigenvalue weighted by atomic mass is 10.4. The molecule has 0 aromatic rings. The lowest BCUT2D eigenvalue weighted by molar-refractivity contribution is 0.399. The molecule has 0 bridgehead atoms. The standard InChI is InChI=1S/C3H10N2.CH4O/c1-3(5)2-4;1-2/h3H,2,4-5H2,1H3;2H,1H3. The molecule has 0 aromatic carbocycles. The maximum absolute atomic E-state index is 7.00. The fourth-order valence-electron chi connectivity index (χ4n) is 0. The van der Waals surface area contributed by atoms with Gasteiger partial charge in [-0.05, 0) is 6.92 Å². The second-order valence-corrected chi connectivity index (χ2v) is 1.21. The summed E-state index contributed by atoms with van der Waals surface area (Å²) in [5.74, 6) is 0. The smallest absolute Gasteiger partial charge is 0.0319 e. The molecule has 1 atom stereocenters. The van der Waals surface area contributed by atoms with Crippen LogP contribution in [-0.4, -0.2) is 24.8 Å². The molecule has 0 aliphatic rings. The van der Waals surface area contributed by atoms with Gasteiger partial charge in [0.25, 0.3) is 0 Å². The van der Waals surface area contributed by atoms with Gasteiger partial charge in [-0.1, -0.05) is 0 Å². The van der Waals surface area contributed by atoms with Crippen molar-refractivity contribution in [1.29, 1.82) is 0 Å². The van der Waals surface area contributed by atoms with Crippen LogP contribution in [0.2, 0.25) is 0 Å². The number of rotatable bonds is 1. The maximum atomic E-state index is 7.00. The number of hydrogen-bond acceptors (Lipinski definition) is 3. The van der Waals surface area contributed by atoms with E-state index in [1.54, 1.807) is 0 Å². The lowest BCUT2D eigenvalue weighted by Gasteiger charge is -1.92. The molecule has 5 N–H and O–H groups in total. The molecule has 0 aliphatic carbocycles. The first-order chi connectivity index (χ1) is 3.27. The van der Waals surface area contributed by atoms with Crippen LogP contribution in [0.3, 0.4) is 0 Å². The van der Waals surface area contributed by atoms with Crippen LogP contribution in [0, 0.1) is 0 Å². The molecule has 0 aromatic heterocycles. The van der Waals surface area contributed by atoms with E-state index in [9.17, 15) is 0 Å². The topological polar surface area (TPSA) is 72.3 Å². The maximum Gasteiger partial charge on any atom is 0.0319 e. The van der Waals surface area contributed by atoms with Gasteiger partial charge in [0.05, 0.1) is 0 Å². The minimum Gasteiger partial charge on any atom is -0.400 e. The molecule has 7 heavy (non-hydrogen) atoms. The molecule has 0 radical (unpaired) electrons. The molecule has 0 amide bonds. The van der Waals surface area contributed by atoms with Gasteiger partial charge >= 0.3 is 0 Å². The molecule has 0 fully saturated rings. The molecule has 0 saturated heterocycles. The van der Waals surface area contributed by atoms with Crippen molar-refractivity contribution in [3.05, 3.63) is 0 Å². The van der Waals surface area contributed by atoms with Crippen LogP contribution < -0.4 is 11.5 Å². The number of hydrogen-bond donors (Lipinski definition) is 3. The summed E-state index contributed by atoms with van der Waals surface area (Å²) < 4.78 is 0. The predicted molar refractivity (Wildman–Crippen MR) is 30.8 cm³/mol. The van der Waals surface area contributed by atoms with Crippen LogP contribution in [0.5, 0.6) is 0 Å². The third-order valence-corrected chi connectivity index (χ3v) is 0.372. The molecule has 0 rings (SSSR count). The Kier molecular flexibility index (Phi) is 13.3. The third kappa shape index (κ3) is 25.0. The minimum atomic E-state index is 0.162. The Morgan fingerprint density at radius 1 is 1.57 bits per heavy atom. The van der Waals surface area contributed by atoms with Gasteiger partial charge in [0, 0.05) is 19.7 Å². The Balaban J connectivity index is 0. The van der Waals surface area contributed by atoms with Crippen LogP contribution >= 0.6 is 0 Å². The van der Waals surface area contributed by atoms with Crippen molar-refractivity contribution < 1.29 is 5.11 Å². The summed E-state index contributed by atoms with van der Waals surface area (Å²) in [6, 6.07) is 0.162. The number of nitrogens with two attached hydrogens (primary N) is 2. The fraction of sp³-hybridized carbons (Fsp3) is 1.00. The van der Waals surface area contributed by atoms with E-state index in [4.69, 9.17) is 16.6 Å². The van der Waals surface area contributed by atoms with Gasteiger partial charge in [-0.2, -0.15) is 0 Å². The van der Waals surface area contributed by atoms with Crippen molar-refractivity contribution in [3.8, 4) is 0 Å². The van der Waals surface area contributed by atoms with Crippen molar-refractivity contribution >= 4 is 0 Å². The fourth-order valence-corrected chi connectivity index (χ4v) is 0. The molecule has 1 unspecified atom stereocenters. The first-order valence-electron chi connectivity index (χ1n) is 2.17. The van der Waals surface area contributed by atoms with Crippen LogP contribution in [0.4, 0.5) is 0 Å². The van der Waals surface area contributed by atoms with Gasteiger partial charge < -0.3 is 16.6 Å². The molecule has 0 saturated carbocycles.